The molecule has 0 bridgehead atoms. The Labute approximate surface area is 195 Å². The Kier molecular flexibility index (Phi) is 5.86. The van der Waals surface area contributed by atoms with Crippen LogP contribution in [0, 0.1) is 0 Å². The highest BCUT2D eigenvalue weighted by atomic mass is 15.3. The lowest BCUT2D eigenvalue weighted by atomic mass is 10.0. The summed E-state index contributed by atoms with van der Waals surface area (Å²) in [4.78, 5) is 0. The van der Waals surface area contributed by atoms with Crippen LogP contribution < -0.4 is 0 Å². The third kappa shape index (κ3) is 4.35. The summed E-state index contributed by atoms with van der Waals surface area (Å²) in [6, 6.07) is 29.5. The molecule has 0 aliphatic heterocycles. The summed E-state index contributed by atoms with van der Waals surface area (Å²) >= 11 is 0. The smallest absolute Gasteiger partial charge is 0.168 e. The van der Waals surface area contributed by atoms with Crippen LogP contribution in [0.3, 0.4) is 0 Å². The van der Waals surface area contributed by atoms with Gasteiger partial charge in [0.05, 0.1) is 0 Å². The highest BCUT2D eigenvalue weighted by Crippen LogP contribution is 2.31. The van der Waals surface area contributed by atoms with Gasteiger partial charge in [-0.2, -0.15) is 0 Å². The Balaban J connectivity index is 1.61. The van der Waals surface area contributed by atoms with E-state index in [0.717, 1.165) is 34.9 Å². The Morgan fingerprint density at radius 2 is 1.36 bits per heavy atom. The summed E-state index contributed by atoms with van der Waals surface area (Å²) < 4.78 is 2.17. The maximum Gasteiger partial charge on any atom is 0.168 e. The van der Waals surface area contributed by atoms with E-state index in [4.69, 9.17) is 0 Å². The standard InChI is InChI=1S/C30H27N3/c1-22(2)23-16-19-27(20-17-23)30-32-31-29(33(30)28-14-7-4-8-15-28)26-13-9-12-25(18-21-26)24-10-5-3-6-11-24/h3-12,14-22H,13H2,1-2H3. The first-order valence-electron chi connectivity index (χ1n) is 11.4. The molecule has 0 N–H and O–H groups in total. The molecule has 1 aliphatic rings. The largest absolute Gasteiger partial charge is 0.275 e. The fraction of sp³-hybridized carbons (Fsp3) is 0.133. The zero-order valence-corrected chi connectivity index (χ0v) is 19.0. The molecule has 33 heavy (non-hydrogen) atoms. The minimum atomic E-state index is 0.495. The van der Waals surface area contributed by atoms with Gasteiger partial charge in [0, 0.05) is 16.8 Å². The minimum absolute atomic E-state index is 0.495. The molecule has 3 nitrogen and oxygen atoms in total. The summed E-state index contributed by atoms with van der Waals surface area (Å²) in [5.74, 6) is 2.22. The molecule has 4 aromatic rings. The van der Waals surface area contributed by atoms with E-state index < -0.39 is 0 Å². The van der Waals surface area contributed by atoms with Gasteiger partial charge in [-0.25, -0.2) is 0 Å². The molecule has 1 aromatic heterocycles. The quantitative estimate of drug-likeness (QED) is 0.329. The molecule has 0 unspecified atom stereocenters. The van der Waals surface area contributed by atoms with Crippen LogP contribution in [0.2, 0.25) is 0 Å². The van der Waals surface area contributed by atoms with E-state index in [0.29, 0.717) is 5.92 Å². The molecule has 0 amide bonds. The molecule has 1 aliphatic carbocycles. The predicted octanol–water partition coefficient (Wildman–Crippen LogP) is 7.48. The minimum Gasteiger partial charge on any atom is -0.275 e. The van der Waals surface area contributed by atoms with E-state index in [2.05, 4.69) is 126 Å². The average molecular weight is 430 g/mol. The van der Waals surface area contributed by atoms with Crippen molar-refractivity contribution in [2.75, 3.05) is 0 Å². The summed E-state index contributed by atoms with van der Waals surface area (Å²) in [7, 11) is 0. The van der Waals surface area contributed by atoms with E-state index >= 15 is 0 Å². The van der Waals surface area contributed by atoms with Crippen molar-refractivity contribution in [3.8, 4) is 17.1 Å². The summed E-state index contributed by atoms with van der Waals surface area (Å²) in [6.45, 7) is 4.42. The SMILES string of the molecule is CC(C)c1ccc(-c2nnc(C3=CC=C(c4ccccc4)C=CC3)n2-c2ccccc2)cc1. The molecule has 1 heterocycles. The van der Waals surface area contributed by atoms with Gasteiger partial charge in [-0.15, -0.1) is 10.2 Å². The van der Waals surface area contributed by atoms with Crippen LogP contribution in [-0.4, -0.2) is 14.8 Å². The van der Waals surface area contributed by atoms with E-state index in [1.165, 1.54) is 16.7 Å². The lowest BCUT2D eigenvalue weighted by molar-refractivity contribution is 0.866. The van der Waals surface area contributed by atoms with Crippen molar-refractivity contribution < 1.29 is 0 Å². The average Bonchev–Trinajstić information content (AvgIpc) is 3.16. The lowest BCUT2D eigenvalue weighted by Crippen LogP contribution is -2.03. The fourth-order valence-electron chi connectivity index (χ4n) is 4.13. The number of allylic oxidation sites excluding steroid dienone is 6. The van der Waals surface area contributed by atoms with Crippen LogP contribution >= 0.6 is 0 Å². The molecule has 0 saturated heterocycles. The molecule has 0 atom stereocenters. The molecule has 0 saturated carbocycles. The maximum absolute atomic E-state index is 4.67. The van der Waals surface area contributed by atoms with E-state index in [1.54, 1.807) is 0 Å². The van der Waals surface area contributed by atoms with Gasteiger partial charge in [-0.05, 0) is 41.2 Å². The maximum atomic E-state index is 4.67. The van der Waals surface area contributed by atoms with Gasteiger partial charge in [0.25, 0.3) is 0 Å². The molecule has 3 heteroatoms. The number of hydrogen-bond donors (Lipinski definition) is 0. The van der Waals surface area contributed by atoms with Crippen LogP contribution in [0.15, 0.2) is 109 Å². The molecule has 5 rings (SSSR count). The van der Waals surface area contributed by atoms with Crippen molar-refractivity contribution in [2.45, 2.75) is 26.2 Å². The van der Waals surface area contributed by atoms with Crippen LogP contribution in [0.25, 0.3) is 28.2 Å². The summed E-state index contributed by atoms with van der Waals surface area (Å²) in [5.41, 5.74) is 6.98. The van der Waals surface area contributed by atoms with Crippen LogP contribution in [0.1, 0.15) is 43.1 Å². The van der Waals surface area contributed by atoms with E-state index in [1.807, 2.05) is 12.1 Å². The predicted molar refractivity (Wildman–Crippen MR) is 137 cm³/mol. The monoisotopic (exact) mass is 429 g/mol. The van der Waals surface area contributed by atoms with E-state index in [-0.39, 0.29) is 0 Å². The third-order valence-electron chi connectivity index (χ3n) is 6.01. The first-order chi connectivity index (χ1) is 16.2. The van der Waals surface area contributed by atoms with Gasteiger partial charge >= 0.3 is 0 Å². The van der Waals surface area contributed by atoms with Gasteiger partial charge in [0.1, 0.15) is 0 Å². The topological polar surface area (TPSA) is 30.7 Å². The normalized spacial score (nSPS) is 13.5. The highest BCUT2D eigenvalue weighted by Gasteiger charge is 2.19. The number of hydrogen-bond acceptors (Lipinski definition) is 2. The second-order valence-electron chi connectivity index (χ2n) is 8.58. The first-order valence-corrected chi connectivity index (χ1v) is 11.4. The molecule has 0 fully saturated rings. The van der Waals surface area contributed by atoms with Gasteiger partial charge in [-0.3, -0.25) is 4.57 Å². The van der Waals surface area contributed by atoms with Crippen molar-refractivity contribution >= 4 is 11.1 Å². The summed E-state index contributed by atoms with van der Waals surface area (Å²) in [6.07, 6.45) is 9.54. The Morgan fingerprint density at radius 1 is 0.697 bits per heavy atom. The first kappa shape index (κ1) is 20.9. The van der Waals surface area contributed by atoms with Gasteiger partial charge in [0.2, 0.25) is 0 Å². The second-order valence-corrected chi connectivity index (χ2v) is 8.58. The van der Waals surface area contributed by atoms with Gasteiger partial charge in [0.15, 0.2) is 11.6 Å². The Morgan fingerprint density at radius 3 is 2.06 bits per heavy atom. The van der Waals surface area contributed by atoms with Gasteiger partial charge in [-0.1, -0.05) is 111 Å². The van der Waals surface area contributed by atoms with Crippen LogP contribution in [0.5, 0.6) is 0 Å². The number of rotatable bonds is 5. The molecule has 0 spiro atoms. The Hall–Kier alpha value is -3.98. The van der Waals surface area contributed by atoms with Crippen LogP contribution in [0.4, 0.5) is 0 Å². The van der Waals surface area contributed by atoms with Crippen molar-refractivity contribution in [1.82, 2.24) is 14.8 Å². The zero-order valence-electron chi connectivity index (χ0n) is 19.0. The van der Waals surface area contributed by atoms with Crippen LogP contribution in [-0.2, 0) is 0 Å². The second kappa shape index (κ2) is 9.25. The molecule has 162 valence electrons. The highest BCUT2D eigenvalue weighted by molar-refractivity contribution is 5.80. The van der Waals surface area contributed by atoms with Crippen molar-refractivity contribution in [1.29, 1.82) is 0 Å². The van der Waals surface area contributed by atoms with Crippen molar-refractivity contribution in [2.24, 2.45) is 0 Å². The molecule has 0 radical (unpaired) electrons. The van der Waals surface area contributed by atoms with Crippen molar-refractivity contribution in [3.05, 3.63) is 126 Å². The molecule has 3 aromatic carbocycles. The third-order valence-corrected chi connectivity index (χ3v) is 6.01. The molecular weight excluding hydrogens is 402 g/mol. The van der Waals surface area contributed by atoms with E-state index in [9.17, 15) is 0 Å². The summed E-state index contributed by atoms with van der Waals surface area (Å²) in [5, 5.41) is 9.32. The number of aromatic nitrogens is 3. The Bertz CT molecular complexity index is 1320. The molecular formula is C30H27N3. The lowest BCUT2D eigenvalue weighted by Gasteiger charge is -2.12. The number of benzene rings is 3. The number of nitrogens with zero attached hydrogens (tertiary/aromatic N) is 3. The fourth-order valence-corrected chi connectivity index (χ4v) is 4.13. The van der Waals surface area contributed by atoms with Crippen molar-refractivity contribution in [3.63, 3.8) is 0 Å². The van der Waals surface area contributed by atoms with Gasteiger partial charge < -0.3 is 0 Å². The number of para-hydroxylation sites is 1. The zero-order chi connectivity index (χ0) is 22.6.